The Labute approximate surface area is 119 Å². The zero-order valence-corrected chi connectivity index (χ0v) is 12.4. The van der Waals surface area contributed by atoms with Crippen molar-refractivity contribution in [2.75, 3.05) is 13.1 Å². The van der Waals surface area contributed by atoms with Gasteiger partial charge in [-0.1, -0.05) is 0 Å². The molecule has 1 unspecified atom stereocenters. The molecule has 0 amide bonds. The summed E-state index contributed by atoms with van der Waals surface area (Å²) in [6.07, 6.45) is 2.34. The molecule has 2 N–H and O–H groups in total. The first-order valence-corrected chi connectivity index (χ1v) is 8.46. The maximum Gasteiger partial charge on any atom is 0.243 e. The van der Waals surface area contributed by atoms with Crippen molar-refractivity contribution in [3.63, 3.8) is 0 Å². The van der Waals surface area contributed by atoms with Crippen LogP contribution in [-0.4, -0.2) is 38.0 Å². The van der Waals surface area contributed by atoms with Crippen molar-refractivity contribution in [2.45, 2.75) is 43.2 Å². The number of hydrogen-bond acceptors (Lipinski definition) is 4. The second-order valence-corrected chi connectivity index (χ2v) is 7.58. The van der Waals surface area contributed by atoms with E-state index in [2.05, 4.69) is 0 Å². The summed E-state index contributed by atoms with van der Waals surface area (Å²) in [5.74, 6) is 0.803. The zero-order valence-electron chi connectivity index (χ0n) is 11.6. The Morgan fingerprint density at radius 3 is 2.70 bits per heavy atom. The van der Waals surface area contributed by atoms with E-state index < -0.39 is 10.0 Å². The van der Waals surface area contributed by atoms with Crippen molar-refractivity contribution in [2.24, 2.45) is 5.73 Å². The van der Waals surface area contributed by atoms with Crippen molar-refractivity contribution < 1.29 is 13.2 Å². The molecule has 20 heavy (non-hydrogen) atoms. The highest BCUT2D eigenvalue weighted by Crippen LogP contribution is 2.32. The van der Waals surface area contributed by atoms with E-state index in [1.54, 1.807) is 18.2 Å². The van der Waals surface area contributed by atoms with Crippen LogP contribution in [0.3, 0.4) is 0 Å². The fourth-order valence-corrected chi connectivity index (χ4v) is 4.34. The third-order valence-electron chi connectivity index (χ3n) is 4.00. The molecule has 110 valence electrons. The topological polar surface area (TPSA) is 72.6 Å². The predicted molar refractivity (Wildman–Crippen MR) is 76.2 cm³/mol. The molecular weight excluding hydrogens is 276 g/mol. The van der Waals surface area contributed by atoms with Gasteiger partial charge in [-0.05, 0) is 43.5 Å². The normalized spacial score (nSPS) is 24.4. The van der Waals surface area contributed by atoms with Crippen molar-refractivity contribution >= 4 is 10.0 Å². The van der Waals surface area contributed by atoms with Crippen LogP contribution in [0.15, 0.2) is 23.1 Å². The number of rotatable bonds is 2. The Bertz CT molecular complexity index is 607. The monoisotopic (exact) mass is 296 g/mol. The fourth-order valence-electron chi connectivity index (χ4n) is 2.82. The number of nitrogens with zero attached hydrogens (tertiary/aromatic N) is 1. The van der Waals surface area contributed by atoms with Crippen LogP contribution in [0.5, 0.6) is 5.75 Å². The van der Waals surface area contributed by atoms with Gasteiger partial charge in [-0.2, -0.15) is 4.31 Å². The first-order chi connectivity index (χ1) is 9.46. The van der Waals surface area contributed by atoms with Gasteiger partial charge in [0.1, 0.15) is 11.9 Å². The van der Waals surface area contributed by atoms with Crippen LogP contribution in [-0.2, 0) is 16.4 Å². The Morgan fingerprint density at radius 2 is 2.00 bits per heavy atom. The Balaban J connectivity index is 1.87. The van der Waals surface area contributed by atoms with Crippen LogP contribution in [0.2, 0.25) is 0 Å². The van der Waals surface area contributed by atoms with Crippen LogP contribution < -0.4 is 10.5 Å². The molecule has 2 heterocycles. The minimum Gasteiger partial charge on any atom is -0.490 e. The minimum absolute atomic E-state index is 0.121. The smallest absolute Gasteiger partial charge is 0.243 e. The maximum absolute atomic E-state index is 12.6. The van der Waals surface area contributed by atoms with Crippen LogP contribution >= 0.6 is 0 Å². The molecule has 0 spiro atoms. The molecule has 0 radical (unpaired) electrons. The van der Waals surface area contributed by atoms with Gasteiger partial charge in [0.05, 0.1) is 4.90 Å². The molecule has 2 aliphatic rings. The number of fused-ring (bicyclic) bond motifs is 1. The van der Waals surface area contributed by atoms with E-state index in [0.717, 1.165) is 30.6 Å². The molecule has 5 nitrogen and oxygen atoms in total. The summed E-state index contributed by atoms with van der Waals surface area (Å²) in [5.41, 5.74) is 6.81. The van der Waals surface area contributed by atoms with E-state index in [1.807, 2.05) is 6.92 Å². The summed E-state index contributed by atoms with van der Waals surface area (Å²) in [6.45, 7) is 3.00. The summed E-state index contributed by atoms with van der Waals surface area (Å²) in [4.78, 5) is 0.365. The Morgan fingerprint density at radius 1 is 1.30 bits per heavy atom. The molecule has 1 fully saturated rings. The van der Waals surface area contributed by atoms with Gasteiger partial charge in [0.25, 0.3) is 0 Å². The number of ether oxygens (including phenoxy) is 1. The van der Waals surface area contributed by atoms with Crippen molar-refractivity contribution in [3.8, 4) is 5.75 Å². The maximum atomic E-state index is 12.6. The van der Waals surface area contributed by atoms with E-state index in [1.165, 1.54) is 4.31 Å². The lowest BCUT2D eigenvalue weighted by Crippen LogP contribution is -2.42. The molecule has 6 heteroatoms. The van der Waals surface area contributed by atoms with E-state index in [-0.39, 0.29) is 12.1 Å². The molecule has 1 saturated heterocycles. The van der Waals surface area contributed by atoms with E-state index in [0.29, 0.717) is 18.0 Å². The second-order valence-electron chi connectivity index (χ2n) is 5.64. The molecule has 1 aromatic rings. The Kier molecular flexibility index (Phi) is 3.48. The van der Waals surface area contributed by atoms with Gasteiger partial charge >= 0.3 is 0 Å². The molecule has 1 aromatic carbocycles. The zero-order chi connectivity index (χ0) is 14.3. The average molecular weight is 296 g/mol. The molecule has 1 atom stereocenters. The first-order valence-electron chi connectivity index (χ1n) is 7.02. The number of benzene rings is 1. The van der Waals surface area contributed by atoms with Crippen molar-refractivity contribution in [1.82, 2.24) is 4.31 Å². The van der Waals surface area contributed by atoms with Crippen LogP contribution in [0.1, 0.15) is 25.3 Å². The van der Waals surface area contributed by atoms with Gasteiger partial charge in [0.2, 0.25) is 10.0 Å². The van der Waals surface area contributed by atoms with E-state index in [9.17, 15) is 8.42 Å². The highest BCUT2D eigenvalue weighted by atomic mass is 32.2. The molecule has 3 rings (SSSR count). The van der Waals surface area contributed by atoms with Gasteiger partial charge in [-0.15, -0.1) is 0 Å². The number of piperidine rings is 1. The summed E-state index contributed by atoms with van der Waals surface area (Å²) in [6, 6.07) is 5.28. The Hall–Kier alpha value is -1.11. The highest BCUT2D eigenvalue weighted by Gasteiger charge is 2.30. The highest BCUT2D eigenvalue weighted by molar-refractivity contribution is 7.89. The molecule has 0 saturated carbocycles. The third-order valence-corrected chi connectivity index (χ3v) is 5.90. The SMILES string of the molecule is CC1Cc2cc(S(=O)(=O)N3CCC(N)CC3)ccc2O1. The number of sulfonamides is 1. The second kappa shape index (κ2) is 5.02. The number of nitrogens with two attached hydrogens (primary N) is 1. The molecule has 2 aliphatic heterocycles. The lowest BCUT2D eigenvalue weighted by molar-refractivity contribution is 0.254. The van der Waals surface area contributed by atoms with Crippen LogP contribution in [0.4, 0.5) is 0 Å². The first kappa shape index (κ1) is 13.9. The van der Waals surface area contributed by atoms with E-state index >= 15 is 0 Å². The number of hydrogen-bond donors (Lipinski definition) is 1. The molecule has 0 aromatic heterocycles. The summed E-state index contributed by atoms with van der Waals surface area (Å²) in [7, 11) is -3.40. The predicted octanol–water partition coefficient (Wildman–Crippen LogP) is 1.12. The van der Waals surface area contributed by atoms with Crippen LogP contribution in [0.25, 0.3) is 0 Å². The largest absolute Gasteiger partial charge is 0.490 e. The van der Waals surface area contributed by atoms with Gasteiger partial charge in [0, 0.05) is 25.6 Å². The van der Waals surface area contributed by atoms with E-state index in [4.69, 9.17) is 10.5 Å². The lowest BCUT2D eigenvalue weighted by Gasteiger charge is -2.29. The van der Waals surface area contributed by atoms with Gasteiger partial charge in [-0.25, -0.2) is 8.42 Å². The standard InChI is InChI=1S/C14H20N2O3S/c1-10-8-11-9-13(2-3-14(11)19-10)20(17,18)16-6-4-12(15)5-7-16/h2-3,9-10,12H,4-8,15H2,1H3. The molecule has 0 bridgehead atoms. The summed E-state index contributed by atoms with van der Waals surface area (Å²) >= 11 is 0. The van der Waals surface area contributed by atoms with Gasteiger partial charge < -0.3 is 10.5 Å². The van der Waals surface area contributed by atoms with Crippen molar-refractivity contribution in [3.05, 3.63) is 23.8 Å². The quantitative estimate of drug-likeness (QED) is 0.887. The lowest BCUT2D eigenvalue weighted by atomic mass is 10.1. The third kappa shape index (κ3) is 2.43. The summed E-state index contributed by atoms with van der Waals surface area (Å²) < 4.78 is 32.4. The minimum atomic E-state index is -3.40. The van der Waals surface area contributed by atoms with Crippen LogP contribution in [0, 0.1) is 0 Å². The molecule has 0 aliphatic carbocycles. The van der Waals surface area contributed by atoms with Crippen molar-refractivity contribution in [1.29, 1.82) is 0 Å². The molecular formula is C14H20N2O3S. The summed E-state index contributed by atoms with van der Waals surface area (Å²) in [5, 5.41) is 0. The average Bonchev–Trinajstić information content (AvgIpc) is 2.78. The fraction of sp³-hybridized carbons (Fsp3) is 0.571. The van der Waals surface area contributed by atoms with Gasteiger partial charge in [0.15, 0.2) is 0 Å². The van der Waals surface area contributed by atoms with Gasteiger partial charge in [-0.3, -0.25) is 0 Å².